The van der Waals surface area contributed by atoms with Crippen molar-refractivity contribution >= 4 is 0 Å². The molecule has 2 N–H and O–H groups in total. The van der Waals surface area contributed by atoms with E-state index in [0.29, 0.717) is 0 Å². The summed E-state index contributed by atoms with van der Waals surface area (Å²) in [5.41, 5.74) is 9.52. The molecule has 0 aliphatic heterocycles. The molecule has 0 bridgehead atoms. The fourth-order valence-electron chi connectivity index (χ4n) is 3.73. The summed E-state index contributed by atoms with van der Waals surface area (Å²) in [6.45, 7) is 6.65. The van der Waals surface area contributed by atoms with E-state index in [1.807, 2.05) is 0 Å². The quantitative estimate of drug-likeness (QED) is 0.862. The molecule has 0 heterocycles. The van der Waals surface area contributed by atoms with Crippen LogP contribution >= 0.6 is 0 Å². The molecule has 0 spiro atoms. The molecule has 0 radical (unpaired) electrons. The predicted octanol–water partition coefficient (Wildman–Crippen LogP) is 2.99. The molecule has 1 fully saturated rings. The molecule has 0 unspecified atom stereocenters. The molecular formula is C18H28N2. The van der Waals surface area contributed by atoms with Crippen LogP contribution in [0.15, 0.2) is 24.3 Å². The smallest absolute Gasteiger partial charge is 0.0415 e. The second kappa shape index (κ2) is 5.50. The van der Waals surface area contributed by atoms with Crippen LogP contribution in [0.3, 0.4) is 0 Å². The van der Waals surface area contributed by atoms with Crippen LogP contribution in [0.2, 0.25) is 0 Å². The molecule has 2 nitrogen and oxygen atoms in total. The molecule has 1 saturated carbocycles. The maximum atomic E-state index is 6.28. The molecule has 0 saturated heterocycles. The van der Waals surface area contributed by atoms with Crippen molar-refractivity contribution in [2.24, 2.45) is 11.7 Å². The van der Waals surface area contributed by atoms with Gasteiger partial charge in [0, 0.05) is 18.1 Å². The van der Waals surface area contributed by atoms with Crippen molar-refractivity contribution in [3.63, 3.8) is 0 Å². The lowest BCUT2D eigenvalue weighted by molar-refractivity contribution is 0.0872. The monoisotopic (exact) mass is 272 g/mol. The average molecular weight is 272 g/mol. The van der Waals surface area contributed by atoms with Gasteiger partial charge < -0.3 is 5.73 Å². The number of benzene rings is 1. The molecule has 0 atom stereocenters. The van der Waals surface area contributed by atoms with Crippen molar-refractivity contribution in [1.29, 1.82) is 0 Å². The van der Waals surface area contributed by atoms with Gasteiger partial charge in [-0.15, -0.1) is 0 Å². The van der Waals surface area contributed by atoms with Crippen molar-refractivity contribution in [2.75, 3.05) is 13.1 Å². The number of hydrogen-bond acceptors (Lipinski definition) is 2. The summed E-state index contributed by atoms with van der Waals surface area (Å²) in [6.07, 6.45) is 6.32. The summed E-state index contributed by atoms with van der Waals surface area (Å²) in [7, 11) is 0. The van der Waals surface area contributed by atoms with Gasteiger partial charge in [-0.1, -0.05) is 38.1 Å². The second-order valence-corrected chi connectivity index (χ2v) is 7.16. The Bertz CT molecular complexity index is 437. The number of rotatable bonds is 6. The van der Waals surface area contributed by atoms with E-state index in [9.17, 15) is 0 Å². The van der Waals surface area contributed by atoms with Gasteiger partial charge >= 0.3 is 0 Å². The van der Waals surface area contributed by atoms with E-state index in [0.717, 1.165) is 31.3 Å². The zero-order valence-electron chi connectivity index (χ0n) is 12.9. The summed E-state index contributed by atoms with van der Waals surface area (Å²) in [5, 5.41) is 0. The van der Waals surface area contributed by atoms with E-state index in [-0.39, 0.29) is 5.54 Å². The van der Waals surface area contributed by atoms with Crippen LogP contribution in [-0.2, 0) is 12.8 Å². The van der Waals surface area contributed by atoms with Gasteiger partial charge in [-0.3, -0.25) is 4.90 Å². The normalized spacial score (nSPS) is 20.6. The van der Waals surface area contributed by atoms with Gasteiger partial charge in [-0.2, -0.15) is 0 Å². The molecule has 110 valence electrons. The Balaban J connectivity index is 1.81. The third-order valence-corrected chi connectivity index (χ3v) is 5.08. The Kier molecular flexibility index (Phi) is 3.87. The van der Waals surface area contributed by atoms with Gasteiger partial charge in [0.25, 0.3) is 0 Å². The van der Waals surface area contributed by atoms with Crippen molar-refractivity contribution in [3.05, 3.63) is 35.4 Å². The minimum absolute atomic E-state index is 0.194. The molecule has 2 aliphatic rings. The summed E-state index contributed by atoms with van der Waals surface area (Å²) in [6, 6.07) is 9.72. The zero-order chi connectivity index (χ0) is 14.2. The van der Waals surface area contributed by atoms with Crippen molar-refractivity contribution < 1.29 is 0 Å². The first kappa shape index (κ1) is 14.1. The summed E-state index contributed by atoms with van der Waals surface area (Å²) < 4.78 is 0. The second-order valence-electron chi connectivity index (χ2n) is 7.16. The molecular weight excluding hydrogens is 244 g/mol. The Morgan fingerprint density at radius 2 is 1.80 bits per heavy atom. The maximum Gasteiger partial charge on any atom is 0.0415 e. The van der Waals surface area contributed by atoms with Crippen LogP contribution in [0.5, 0.6) is 0 Å². The average Bonchev–Trinajstić information content (AvgIpc) is 3.18. The van der Waals surface area contributed by atoms with Gasteiger partial charge in [0.2, 0.25) is 0 Å². The van der Waals surface area contributed by atoms with Crippen molar-refractivity contribution in [3.8, 4) is 0 Å². The first-order valence-electron chi connectivity index (χ1n) is 8.18. The molecule has 1 aromatic carbocycles. The van der Waals surface area contributed by atoms with Gasteiger partial charge in [0.1, 0.15) is 0 Å². The lowest BCUT2D eigenvalue weighted by Crippen LogP contribution is -2.56. The van der Waals surface area contributed by atoms with E-state index in [2.05, 4.69) is 43.0 Å². The van der Waals surface area contributed by atoms with Crippen molar-refractivity contribution in [1.82, 2.24) is 4.90 Å². The lowest BCUT2D eigenvalue weighted by Gasteiger charge is -2.41. The van der Waals surface area contributed by atoms with Crippen LogP contribution in [0.4, 0.5) is 0 Å². The summed E-state index contributed by atoms with van der Waals surface area (Å²) >= 11 is 0. The zero-order valence-corrected chi connectivity index (χ0v) is 12.9. The molecule has 20 heavy (non-hydrogen) atoms. The minimum atomic E-state index is 0.194. The Morgan fingerprint density at radius 3 is 2.25 bits per heavy atom. The van der Waals surface area contributed by atoms with Crippen LogP contribution in [0.25, 0.3) is 0 Å². The minimum Gasteiger partial charge on any atom is -0.329 e. The highest BCUT2D eigenvalue weighted by atomic mass is 15.3. The standard InChI is InChI=1S/C18H28N2/c1-14(2)9-10-20(17-7-8-17)18(13-19)11-15-5-3-4-6-16(15)12-18/h3-6,14,17H,7-13,19H2,1-2H3. The first-order valence-corrected chi connectivity index (χ1v) is 8.18. The third kappa shape index (κ3) is 2.64. The molecule has 1 aromatic rings. The highest BCUT2D eigenvalue weighted by molar-refractivity contribution is 5.37. The van der Waals surface area contributed by atoms with Gasteiger partial charge in [-0.05, 0) is 55.7 Å². The highest BCUT2D eigenvalue weighted by Gasteiger charge is 2.46. The fourth-order valence-corrected chi connectivity index (χ4v) is 3.73. The van der Waals surface area contributed by atoms with E-state index >= 15 is 0 Å². The third-order valence-electron chi connectivity index (χ3n) is 5.08. The number of fused-ring (bicyclic) bond motifs is 1. The summed E-state index contributed by atoms with van der Waals surface area (Å²) in [4.78, 5) is 2.77. The molecule has 3 rings (SSSR count). The highest BCUT2D eigenvalue weighted by Crippen LogP contribution is 2.40. The van der Waals surface area contributed by atoms with E-state index in [1.54, 1.807) is 0 Å². The van der Waals surface area contributed by atoms with Gasteiger partial charge in [0.05, 0.1) is 0 Å². The Morgan fingerprint density at radius 1 is 1.20 bits per heavy atom. The summed E-state index contributed by atoms with van der Waals surface area (Å²) in [5.74, 6) is 0.773. The topological polar surface area (TPSA) is 29.3 Å². The lowest BCUT2D eigenvalue weighted by atomic mass is 9.92. The van der Waals surface area contributed by atoms with Crippen LogP contribution in [0.1, 0.15) is 44.2 Å². The van der Waals surface area contributed by atoms with E-state index in [4.69, 9.17) is 5.73 Å². The predicted molar refractivity (Wildman–Crippen MR) is 84.8 cm³/mol. The molecule has 0 amide bonds. The van der Waals surface area contributed by atoms with Gasteiger partial charge in [-0.25, -0.2) is 0 Å². The van der Waals surface area contributed by atoms with Crippen LogP contribution in [-0.4, -0.2) is 29.6 Å². The number of nitrogens with zero attached hydrogens (tertiary/aromatic N) is 1. The first-order chi connectivity index (χ1) is 9.64. The molecule has 0 aromatic heterocycles. The Labute approximate surface area is 123 Å². The largest absolute Gasteiger partial charge is 0.329 e. The van der Waals surface area contributed by atoms with Crippen LogP contribution in [0, 0.1) is 5.92 Å². The number of hydrogen-bond donors (Lipinski definition) is 1. The molecule has 2 heteroatoms. The van der Waals surface area contributed by atoms with Gasteiger partial charge in [0.15, 0.2) is 0 Å². The molecule has 2 aliphatic carbocycles. The maximum absolute atomic E-state index is 6.28. The SMILES string of the molecule is CC(C)CCN(C1CC1)C1(CN)Cc2ccccc2C1. The number of nitrogens with two attached hydrogens (primary N) is 1. The Hall–Kier alpha value is -0.860. The van der Waals surface area contributed by atoms with E-state index < -0.39 is 0 Å². The van der Waals surface area contributed by atoms with Crippen LogP contribution < -0.4 is 5.73 Å². The fraction of sp³-hybridized carbons (Fsp3) is 0.667. The van der Waals surface area contributed by atoms with Crippen molar-refractivity contribution in [2.45, 2.75) is 57.5 Å². The van der Waals surface area contributed by atoms with E-state index in [1.165, 1.54) is 36.9 Å².